The fraction of sp³-hybridized carbons (Fsp3) is 0.833. The Morgan fingerprint density at radius 2 is 2.29 bits per heavy atom. The summed E-state index contributed by atoms with van der Waals surface area (Å²) < 4.78 is 4.84. The van der Waals surface area contributed by atoms with Gasteiger partial charge in [-0.3, -0.25) is 14.5 Å². The summed E-state index contributed by atoms with van der Waals surface area (Å²) in [6, 6.07) is -0.201. The molecule has 0 aromatic carbocycles. The molecule has 1 heterocycles. The minimum absolute atomic E-state index is 0.0617. The summed E-state index contributed by atoms with van der Waals surface area (Å²) in [5.41, 5.74) is 0. The number of carbonyl (C=O) groups excluding carboxylic acids is 2. The highest BCUT2D eigenvalue weighted by molar-refractivity contribution is 5.77. The van der Waals surface area contributed by atoms with Crippen LogP contribution >= 0.6 is 0 Å². The van der Waals surface area contributed by atoms with E-state index >= 15 is 0 Å². The average Bonchev–Trinajstić information content (AvgIpc) is 2.54. The van der Waals surface area contributed by atoms with Crippen molar-refractivity contribution in [3.05, 3.63) is 0 Å². The lowest BCUT2D eigenvalue weighted by Gasteiger charge is -2.27. The number of hydrogen-bond donors (Lipinski definition) is 1. The number of ether oxygens (including phenoxy) is 1. The van der Waals surface area contributed by atoms with Crippen LogP contribution in [0.4, 0.5) is 0 Å². The highest BCUT2D eigenvalue weighted by Crippen LogP contribution is 2.12. The topological polar surface area (TPSA) is 58.6 Å². The molecule has 1 aliphatic rings. The Labute approximate surface area is 102 Å². The monoisotopic (exact) mass is 242 g/mol. The zero-order valence-electron chi connectivity index (χ0n) is 10.7. The molecule has 17 heavy (non-hydrogen) atoms. The predicted molar refractivity (Wildman–Crippen MR) is 64.5 cm³/mol. The van der Waals surface area contributed by atoms with E-state index in [1.807, 2.05) is 0 Å². The van der Waals surface area contributed by atoms with Crippen LogP contribution in [-0.4, -0.2) is 49.6 Å². The Kier molecular flexibility index (Phi) is 5.97. The van der Waals surface area contributed by atoms with Gasteiger partial charge in [0.1, 0.15) is 6.04 Å². The summed E-state index contributed by atoms with van der Waals surface area (Å²) in [6.45, 7) is 4.06. The van der Waals surface area contributed by atoms with Crippen molar-refractivity contribution in [3.63, 3.8) is 0 Å². The third-order valence-corrected chi connectivity index (χ3v) is 3.09. The van der Waals surface area contributed by atoms with Crippen molar-refractivity contribution < 1.29 is 14.3 Å². The van der Waals surface area contributed by atoms with Crippen LogP contribution in [0.3, 0.4) is 0 Å². The second kappa shape index (κ2) is 7.27. The molecule has 1 aliphatic heterocycles. The van der Waals surface area contributed by atoms with Crippen LogP contribution in [0.1, 0.15) is 32.6 Å². The summed E-state index contributed by atoms with van der Waals surface area (Å²) in [5.74, 6) is -0.126. The van der Waals surface area contributed by atoms with Gasteiger partial charge in [0.05, 0.1) is 7.11 Å². The minimum Gasteiger partial charge on any atom is -0.468 e. The molecule has 0 aromatic rings. The third kappa shape index (κ3) is 4.34. The van der Waals surface area contributed by atoms with Crippen LogP contribution in [-0.2, 0) is 14.3 Å². The van der Waals surface area contributed by atoms with Gasteiger partial charge in [0.25, 0.3) is 0 Å². The molecule has 0 radical (unpaired) electrons. The van der Waals surface area contributed by atoms with Crippen molar-refractivity contribution in [1.29, 1.82) is 0 Å². The van der Waals surface area contributed by atoms with Gasteiger partial charge in [0.2, 0.25) is 5.91 Å². The number of esters is 1. The van der Waals surface area contributed by atoms with E-state index in [1.54, 1.807) is 0 Å². The van der Waals surface area contributed by atoms with Crippen LogP contribution in [0.2, 0.25) is 0 Å². The molecule has 1 rings (SSSR count). The van der Waals surface area contributed by atoms with Crippen molar-refractivity contribution in [2.75, 3.05) is 26.7 Å². The molecule has 0 saturated carbocycles. The predicted octanol–water partition coefficient (Wildman–Crippen LogP) is 0.540. The lowest BCUT2D eigenvalue weighted by atomic mass is 10.1. The second-order valence-corrected chi connectivity index (χ2v) is 4.32. The first-order valence-electron chi connectivity index (χ1n) is 6.27. The van der Waals surface area contributed by atoms with Gasteiger partial charge in [-0.1, -0.05) is 19.8 Å². The van der Waals surface area contributed by atoms with Gasteiger partial charge < -0.3 is 10.1 Å². The number of methoxy groups -OCH3 is 1. The minimum atomic E-state index is -0.201. The number of nitrogens with one attached hydrogen (secondary N) is 1. The smallest absolute Gasteiger partial charge is 0.323 e. The first kappa shape index (κ1) is 14.0. The highest BCUT2D eigenvalue weighted by atomic mass is 16.5. The van der Waals surface area contributed by atoms with E-state index in [-0.39, 0.29) is 17.9 Å². The van der Waals surface area contributed by atoms with Gasteiger partial charge in [-0.05, 0) is 6.42 Å². The molecule has 1 amide bonds. The van der Waals surface area contributed by atoms with E-state index in [1.165, 1.54) is 7.11 Å². The van der Waals surface area contributed by atoms with Gasteiger partial charge in [0, 0.05) is 26.1 Å². The molecule has 0 spiro atoms. The van der Waals surface area contributed by atoms with Crippen LogP contribution in [0.25, 0.3) is 0 Å². The van der Waals surface area contributed by atoms with Crippen molar-refractivity contribution in [3.8, 4) is 0 Å². The van der Waals surface area contributed by atoms with Crippen molar-refractivity contribution >= 4 is 11.9 Å². The van der Waals surface area contributed by atoms with E-state index in [2.05, 4.69) is 17.1 Å². The van der Waals surface area contributed by atoms with E-state index in [4.69, 9.17) is 4.74 Å². The first-order chi connectivity index (χ1) is 8.19. The maximum atomic E-state index is 11.7. The Morgan fingerprint density at radius 3 is 2.94 bits per heavy atom. The molecule has 0 aliphatic carbocycles. The maximum absolute atomic E-state index is 11.7. The first-order valence-corrected chi connectivity index (χ1v) is 6.27. The summed E-state index contributed by atoms with van der Waals surface area (Å²) in [6.07, 6.45) is 3.31. The summed E-state index contributed by atoms with van der Waals surface area (Å²) in [4.78, 5) is 25.0. The van der Waals surface area contributed by atoms with Gasteiger partial charge in [0.15, 0.2) is 0 Å². The molecule has 1 N–H and O–H groups in total. The molecule has 1 saturated heterocycles. The highest BCUT2D eigenvalue weighted by Gasteiger charge is 2.27. The maximum Gasteiger partial charge on any atom is 0.323 e. The average molecular weight is 242 g/mol. The Hall–Kier alpha value is -1.10. The second-order valence-electron chi connectivity index (χ2n) is 4.32. The molecule has 98 valence electrons. The van der Waals surface area contributed by atoms with Gasteiger partial charge in [-0.15, -0.1) is 0 Å². The molecule has 0 aromatic heterocycles. The van der Waals surface area contributed by atoms with Crippen LogP contribution in [0, 0.1) is 0 Å². The van der Waals surface area contributed by atoms with Crippen molar-refractivity contribution in [1.82, 2.24) is 10.2 Å². The summed E-state index contributed by atoms with van der Waals surface area (Å²) in [5, 5.41) is 2.81. The Balaban J connectivity index is 2.60. The number of hydrogen-bond acceptors (Lipinski definition) is 4. The zero-order chi connectivity index (χ0) is 12.7. The largest absolute Gasteiger partial charge is 0.468 e. The lowest BCUT2D eigenvalue weighted by Crippen LogP contribution is -2.43. The fourth-order valence-corrected chi connectivity index (χ4v) is 2.08. The lowest BCUT2D eigenvalue weighted by molar-refractivity contribution is -0.147. The number of unbranched alkanes of at least 4 members (excludes halogenated alkanes) is 1. The molecule has 1 fully saturated rings. The molecule has 0 bridgehead atoms. The van der Waals surface area contributed by atoms with Gasteiger partial charge >= 0.3 is 5.97 Å². The van der Waals surface area contributed by atoms with E-state index in [9.17, 15) is 9.59 Å². The van der Waals surface area contributed by atoms with Crippen LogP contribution in [0.5, 0.6) is 0 Å². The zero-order valence-corrected chi connectivity index (χ0v) is 10.7. The molecule has 5 heteroatoms. The van der Waals surface area contributed by atoms with Crippen LogP contribution < -0.4 is 5.32 Å². The standard InChI is InChI=1S/C12H22N2O3/c1-3-4-5-10(12(16)17-2)14-8-6-11(15)13-7-9-14/h10H,3-9H2,1-2H3,(H,13,15). The van der Waals surface area contributed by atoms with E-state index in [0.717, 1.165) is 25.8 Å². The van der Waals surface area contributed by atoms with Gasteiger partial charge in [-0.25, -0.2) is 0 Å². The third-order valence-electron chi connectivity index (χ3n) is 3.09. The quantitative estimate of drug-likeness (QED) is 0.715. The Morgan fingerprint density at radius 1 is 1.53 bits per heavy atom. The van der Waals surface area contributed by atoms with E-state index < -0.39 is 0 Å². The molecule has 5 nitrogen and oxygen atoms in total. The Bertz CT molecular complexity index is 268. The fourth-order valence-electron chi connectivity index (χ4n) is 2.08. The molecular weight excluding hydrogens is 220 g/mol. The SMILES string of the molecule is CCCCC(C(=O)OC)N1CCNC(=O)CC1. The molecule has 1 atom stereocenters. The van der Waals surface area contributed by atoms with E-state index in [0.29, 0.717) is 19.5 Å². The normalized spacial score (nSPS) is 19.3. The molecular formula is C12H22N2O3. The molecule has 1 unspecified atom stereocenters. The number of rotatable bonds is 5. The van der Waals surface area contributed by atoms with Gasteiger partial charge in [-0.2, -0.15) is 0 Å². The van der Waals surface area contributed by atoms with Crippen molar-refractivity contribution in [2.24, 2.45) is 0 Å². The number of carbonyl (C=O) groups is 2. The summed E-state index contributed by atoms with van der Waals surface area (Å²) >= 11 is 0. The number of amides is 1. The van der Waals surface area contributed by atoms with Crippen molar-refractivity contribution in [2.45, 2.75) is 38.6 Å². The van der Waals surface area contributed by atoms with Crippen LogP contribution in [0.15, 0.2) is 0 Å². The number of nitrogens with zero attached hydrogens (tertiary/aromatic N) is 1. The summed E-state index contributed by atoms with van der Waals surface area (Å²) in [7, 11) is 1.42.